The molecule has 0 aliphatic heterocycles. The summed E-state index contributed by atoms with van der Waals surface area (Å²) in [5.74, 6) is 4.75. The van der Waals surface area contributed by atoms with Crippen molar-refractivity contribution in [1.29, 1.82) is 0 Å². The fourth-order valence-corrected chi connectivity index (χ4v) is 1.96. The second kappa shape index (κ2) is 5.58. The van der Waals surface area contributed by atoms with Gasteiger partial charge < -0.3 is 4.74 Å². The first kappa shape index (κ1) is 14.4. The van der Waals surface area contributed by atoms with Crippen molar-refractivity contribution in [3.05, 3.63) is 35.4 Å². The second-order valence-electron chi connectivity index (χ2n) is 4.56. The van der Waals surface area contributed by atoms with Crippen LogP contribution in [-0.2, 0) is 15.7 Å². The van der Waals surface area contributed by atoms with Crippen molar-refractivity contribution in [1.82, 2.24) is 0 Å². The molecule has 0 unspecified atom stereocenters. The summed E-state index contributed by atoms with van der Waals surface area (Å²) in [4.78, 5) is 11.1. The van der Waals surface area contributed by atoms with Crippen LogP contribution in [-0.4, -0.2) is 12.6 Å². The molecule has 106 valence electrons. The minimum atomic E-state index is -4.31. The van der Waals surface area contributed by atoms with E-state index >= 15 is 0 Å². The Morgan fingerprint density at radius 2 is 2.00 bits per heavy atom. The lowest BCUT2D eigenvalue weighted by Crippen LogP contribution is -2.04. The van der Waals surface area contributed by atoms with Crippen molar-refractivity contribution in [3.8, 4) is 11.8 Å². The lowest BCUT2D eigenvalue weighted by Gasteiger charge is -2.06. The molecule has 5 heteroatoms. The Morgan fingerprint density at radius 3 is 2.55 bits per heavy atom. The number of carbonyl (C=O) groups is 1. The zero-order valence-electron chi connectivity index (χ0n) is 10.8. The van der Waals surface area contributed by atoms with Gasteiger partial charge in [-0.15, -0.1) is 0 Å². The highest BCUT2D eigenvalue weighted by molar-refractivity contribution is 5.88. The van der Waals surface area contributed by atoms with Gasteiger partial charge in [-0.25, -0.2) is 4.79 Å². The summed E-state index contributed by atoms with van der Waals surface area (Å²) in [6.45, 7) is 1.97. The standard InChI is InChI=1S/C15H13F3O2/c1-2-20-14(19)8-5-11-9-13(11)10-3-6-12(7-4-10)15(16,17)18/h3-4,6-7,11,13H,2,9H2,1H3/t11-,13+/m1/s1. The molecule has 20 heavy (non-hydrogen) atoms. The van der Waals surface area contributed by atoms with Crippen molar-refractivity contribution in [2.75, 3.05) is 6.61 Å². The van der Waals surface area contributed by atoms with Gasteiger partial charge >= 0.3 is 12.1 Å². The fourth-order valence-electron chi connectivity index (χ4n) is 1.96. The van der Waals surface area contributed by atoms with Gasteiger partial charge in [-0.3, -0.25) is 0 Å². The van der Waals surface area contributed by atoms with Crippen LogP contribution in [0.1, 0.15) is 30.4 Å². The number of carbonyl (C=O) groups excluding carboxylic acids is 1. The summed E-state index contributed by atoms with van der Waals surface area (Å²) in [5, 5.41) is 0. The largest absolute Gasteiger partial charge is 0.456 e. The van der Waals surface area contributed by atoms with Crippen LogP contribution in [0.25, 0.3) is 0 Å². The highest BCUT2D eigenvalue weighted by Crippen LogP contribution is 2.47. The van der Waals surface area contributed by atoms with Crippen LogP contribution in [0.4, 0.5) is 13.2 Å². The topological polar surface area (TPSA) is 26.3 Å². The summed E-state index contributed by atoms with van der Waals surface area (Å²) in [5.41, 5.74) is 0.164. The van der Waals surface area contributed by atoms with Crippen LogP contribution in [0.15, 0.2) is 24.3 Å². The molecular formula is C15H13F3O2. The van der Waals surface area contributed by atoms with E-state index in [4.69, 9.17) is 0 Å². The van der Waals surface area contributed by atoms with Crippen LogP contribution in [0.5, 0.6) is 0 Å². The number of benzene rings is 1. The van der Waals surface area contributed by atoms with Crippen LogP contribution >= 0.6 is 0 Å². The molecule has 0 aromatic heterocycles. The van der Waals surface area contributed by atoms with Crippen molar-refractivity contribution < 1.29 is 22.7 Å². The van der Waals surface area contributed by atoms with Gasteiger partial charge in [-0.05, 0) is 37.0 Å². The highest BCUT2D eigenvalue weighted by Gasteiger charge is 2.38. The van der Waals surface area contributed by atoms with Gasteiger partial charge in [0.1, 0.15) is 0 Å². The molecule has 0 heterocycles. The maximum absolute atomic E-state index is 12.4. The van der Waals surface area contributed by atoms with E-state index < -0.39 is 17.7 Å². The Morgan fingerprint density at radius 1 is 1.35 bits per heavy atom. The van der Waals surface area contributed by atoms with E-state index in [0.29, 0.717) is 0 Å². The van der Waals surface area contributed by atoms with Crippen molar-refractivity contribution in [2.45, 2.75) is 25.4 Å². The minimum Gasteiger partial charge on any atom is -0.456 e. The van der Waals surface area contributed by atoms with Crippen molar-refractivity contribution in [2.24, 2.45) is 5.92 Å². The molecule has 0 bridgehead atoms. The van der Waals surface area contributed by atoms with Gasteiger partial charge in [-0.2, -0.15) is 13.2 Å². The number of halogens is 3. The van der Waals surface area contributed by atoms with Crippen LogP contribution < -0.4 is 0 Å². The molecule has 1 saturated carbocycles. The summed E-state index contributed by atoms with van der Waals surface area (Å²) in [7, 11) is 0. The van der Waals surface area contributed by atoms with Gasteiger partial charge in [0.15, 0.2) is 0 Å². The summed E-state index contributed by atoms with van der Waals surface area (Å²) < 4.78 is 41.9. The monoisotopic (exact) mass is 282 g/mol. The maximum Gasteiger partial charge on any atom is 0.416 e. The first-order chi connectivity index (χ1) is 9.41. The quantitative estimate of drug-likeness (QED) is 0.472. The van der Waals surface area contributed by atoms with Crippen molar-refractivity contribution >= 4 is 5.97 Å². The molecule has 1 aromatic rings. The van der Waals surface area contributed by atoms with Crippen LogP contribution in [0, 0.1) is 17.8 Å². The summed E-state index contributed by atoms with van der Waals surface area (Å²) in [6.07, 6.45) is -3.55. The number of ether oxygens (including phenoxy) is 1. The lowest BCUT2D eigenvalue weighted by molar-refractivity contribution is -0.138. The van der Waals surface area contributed by atoms with E-state index in [1.165, 1.54) is 12.1 Å². The Balaban J connectivity index is 1.97. The van der Waals surface area contributed by atoms with Gasteiger partial charge in [0.05, 0.1) is 12.2 Å². The van der Waals surface area contributed by atoms with Gasteiger partial charge in [0.2, 0.25) is 0 Å². The average molecular weight is 282 g/mol. The Labute approximate surface area is 114 Å². The zero-order valence-corrected chi connectivity index (χ0v) is 10.8. The number of esters is 1. The molecule has 0 radical (unpaired) electrons. The third-order valence-corrected chi connectivity index (χ3v) is 3.09. The first-order valence-corrected chi connectivity index (χ1v) is 6.27. The van der Waals surface area contributed by atoms with Crippen LogP contribution in [0.2, 0.25) is 0 Å². The lowest BCUT2D eigenvalue weighted by atomic mass is 10.1. The van der Waals surface area contributed by atoms with Gasteiger partial charge in [0.25, 0.3) is 0 Å². The van der Waals surface area contributed by atoms with Crippen molar-refractivity contribution in [3.63, 3.8) is 0 Å². The molecule has 1 aliphatic carbocycles. The first-order valence-electron chi connectivity index (χ1n) is 6.27. The summed E-state index contributed by atoms with van der Waals surface area (Å²) in [6, 6.07) is 5.09. The molecule has 2 rings (SSSR count). The van der Waals surface area contributed by atoms with Gasteiger partial charge in [-0.1, -0.05) is 18.1 Å². The Bertz CT molecular complexity index is 549. The smallest absolute Gasteiger partial charge is 0.416 e. The third kappa shape index (κ3) is 3.53. The molecule has 2 atom stereocenters. The molecule has 0 amide bonds. The average Bonchev–Trinajstić information content (AvgIpc) is 3.15. The molecule has 0 saturated heterocycles. The normalized spacial score (nSPS) is 20.8. The SMILES string of the molecule is CCOC(=O)C#C[C@@H]1C[C@H]1c1ccc(C(F)(F)F)cc1. The third-order valence-electron chi connectivity index (χ3n) is 3.09. The molecule has 1 aliphatic rings. The second-order valence-corrected chi connectivity index (χ2v) is 4.56. The number of rotatable bonds is 2. The van der Waals surface area contributed by atoms with E-state index in [1.54, 1.807) is 6.92 Å². The Hall–Kier alpha value is -1.96. The minimum absolute atomic E-state index is 0.0242. The Kier molecular flexibility index (Phi) is 4.03. The number of alkyl halides is 3. The predicted octanol–water partition coefficient (Wildman–Crippen LogP) is 3.38. The van der Waals surface area contributed by atoms with E-state index in [1.807, 2.05) is 0 Å². The molecule has 1 aromatic carbocycles. The molecular weight excluding hydrogens is 269 g/mol. The summed E-state index contributed by atoms with van der Waals surface area (Å²) >= 11 is 0. The maximum atomic E-state index is 12.4. The molecule has 2 nitrogen and oxygen atoms in total. The zero-order chi connectivity index (χ0) is 14.8. The van der Waals surface area contributed by atoms with E-state index in [-0.39, 0.29) is 18.4 Å². The van der Waals surface area contributed by atoms with E-state index in [9.17, 15) is 18.0 Å². The van der Waals surface area contributed by atoms with E-state index in [0.717, 1.165) is 24.1 Å². The fraction of sp³-hybridized carbons (Fsp3) is 0.400. The molecule has 0 N–H and O–H groups in total. The number of hydrogen-bond acceptors (Lipinski definition) is 2. The molecule has 0 spiro atoms. The predicted molar refractivity (Wildman–Crippen MR) is 66.7 cm³/mol. The van der Waals surface area contributed by atoms with E-state index in [2.05, 4.69) is 16.6 Å². The number of hydrogen-bond donors (Lipinski definition) is 0. The highest BCUT2D eigenvalue weighted by atomic mass is 19.4. The van der Waals surface area contributed by atoms with Crippen LogP contribution in [0.3, 0.4) is 0 Å². The van der Waals surface area contributed by atoms with Gasteiger partial charge in [0, 0.05) is 11.8 Å². The molecule has 1 fully saturated rings.